The Labute approximate surface area is 70.2 Å². The quantitative estimate of drug-likeness (QED) is 0.581. The van der Waals surface area contributed by atoms with Crippen molar-refractivity contribution in [1.29, 1.82) is 0 Å². The second-order valence-corrected chi connectivity index (χ2v) is 2.80. The maximum absolute atomic E-state index is 12.4. The molecule has 62 valence electrons. The number of aliphatic imine (C=N–C) groups is 1. The summed E-state index contributed by atoms with van der Waals surface area (Å²) in [5.74, 6) is -0.433. The largest absolute Gasteiger partial charge is 0.289 e. The predicted molar refractivity (Wildman–Crippen MR) is 44.8 cm³/mol. The fraction of sp³-hybridized carbons (Fsp3) is 0.333. The molecule has 0 fully saturated rings. The number of pyridine rings is 1. The smallest absolute Gasteiger partial charge is 0.212 e. The van der Waals surface area contributed by atoms with Gasteiger partial charge in [-0.15, -0.1) is 0 Å². The molecular weight excluding hydrogens is 155 g/mol. The first-order valence-corrected chi connectivity index (χ1v) is 4.01. The van der Waals surface area contributed by atoms with E-state index >= 15 is 0 Å². The summed E-state index contributed by atoms with van der Waals surface area (Å²) in [6, 6.07) is 3.10. The van der Waals surface area contributed by atoms with Crippen LogP contribution in [-0.4, -0.2) is 17.2 Å². The van der Waals surface area contributed by atoms with Crippen LogP contribution in [0.1, 0.15) is 18.4 Å². The number of rotatable bonds is 1. The summed E-state index contributed by atoms with van der Waals surface area (Å²) in [7, 11) is 0. The number of hydrogen-bond acceptors (Lipinski definition) is 2. The van der Waals surface area contributed by atoms with Gasteiger partial charge < -0.3 is 0 Å². The number of aromatic nitrogens is 1. The molecule has 0 N–H and O–H groups in total. The lowest BCUT2D eigenvalue weighted by Gasteiger charge is -1.97. The molecule has 0 spiro atoms. The van der Waals surface area contributed by atoms with E-state index in [0.717, 1.165) is 30.7 Å². The summed E-state index contributed by atoms with van der Waals surface area (Å²) in [6.45, 7) is 0.896. The number of nitrogens with zero attached hydrogens (tertiary/aromatic N) is 2. The van der Waals surface area contributed by atoms with Crippen LogP contribution in [0.2, 0.25) is 0 Å². The molecule has 0 aromatic carbocycles. The van der Waals surface area contributed by atoms with Crippen LogP contribution in [0, 0.1) is 5.95 Å². The third-order valence-corrected chi connectivity index (χ3v) is 1.93. The SMILES string of the molecule is Fc1ccc(C2=NCCC2)cn1. The van der Waals surface area contributed by atoms with Crippen molar-refractivity contribution in [2.75, 3.05) is 6.54 Å². The lowest BCUT2D eigenvalue weighted by molar-refractivity contribution is 0.583. The van der Waals surface area contributed by atoms with Crippen molar-refractivity contribution in [3.63, 3.8) is 0 Å². The standard InChI is InChI=1S/C9H9FN2/c10-9-4-3-7(6-12-9)8-2-1-5-11-8/h3-4,6H,1-2,5H2. The van der Waals surface area contributed by atoms with Gasteiger partial charge in [-0.1, -0.05) is 0 Å². The molecule has 0 radical (unpaired) electrons. The Balaban J connectivity index is 2.28. The van der Waals surface area contributed by atoms with Crippen LogP contribution in [0.25, 0.3) is 0 Å². The Morgan fingerprint density at radius 2 is 2.25 bits per heavy atom. The van der Waals surface area contributed by atoms with E-state index in [1.807, 2.05) is 0 Å². The van der Waals surface area contributed by atoms with Gasteiger partial charge in [-0.2, -0.15) is 4.39 Å². The molecule has 2 heterocycles. The topological polar surface area (TPSA) is 25.2 Å². The number of hydrogen-bond donors (Lipinski definition) is 0. The molecule has 12 heavy (non-hydrogen) atoms. The van der Waals surface area contributed by atoms with Crippen molar-refractivity contribution >= 4 is 5.71 Å². The molecule has 0 unspecified atom stereocenters. The molecule has 1 aromatic heterocycles. The lowest BCUT2D eigenvalue weighted by Crippen LogP contribution is -1.97. The molecule has 0 saturated heterocycles. The van der Waals surface area contributed by atoms with E-state index in [9.17, 15) is 4.39 Å². The minimum Gasteiger partial charge on any atom is -0.289 e. The third-order valence-electron chi connectivity index (χ3n) is 1.93. The van der Waals surface area contributed by atoms with Gasteiger partial charge >= 0.3 is 0 Å². The first-order chi connectivity index (χ1) is 5.86. The van der Waals surface area contributed by atoms with Gasteiger partial charge in [0.05, 0.1) is 0 Å². The lowest BCUT2D eigenvalue weighted by atomic mass is 10.1. The van der Waals surface area contributed by atoms with Gasteiger partial charge in [-0.05, 0) is 25.0 Å². The molecule has 0 amide bonds. The zero-order valence-corrected chi connectivity index (χ0v) is 6.63. The average Bonchev–Trinajstić information content (AvgIpc) is 2.58. The maximum atomic E-state index is 12.4. The summed E-state index contributed by atoms with van der Waals surface area (Å²) in [5, 5.41) is 0. The Kier molecular flexibility index (Phi) is 1.86. The van der Waals surface area contributed by atoms with E-state index in [1.54, 1.807) is 12.3 Å². The van der Waals surface area contributed by atoms with Crippen molar-refractivity contribution in [2.45, 2.75) is 12.8 Å². The zero-order valence-electron chi connectivity index (χ0n) is 6.63. The minimum atomic E-state index is -0.433. The van der Waals surface area contributed by atoms with Gasteiger partial charge in [0.25, 0.3) is 0 Å². The van der Waals surface area contributed by atoms with Gasteiger partial charge in [0.15, 0.2) is 0 Å². The van der Waals surface area contributed by atoms with E-state index in [2.05, 4.69) is 9.98 Å². The van der Waals surface area contributed by atoms with Crippen LogP contribution in [-0.2, 0) is 0 Å². The second-order valence-electron chi connectivity index (χ2n) is 2.80. The first kappa shape index (κ1) is 7.40. The predicted octanol–water partition coefficient (Wildman–Crippen LogP) is 1.80. The van der Waals surface area contributed by atoms with E-state index in [-0.39, 0.29) is 0 Å². The Bertz CT molecular complexity index is 303. The highest BCUT2D eigenvalue weighted by molar-refractivity contribution is 6.01. The van der Waals surface area contributed by atoms with E-state index in [4.69, 9.17) is 0 Å². The fourth-order valence-electron chi connectivity index (χ4n) is 1.32. The van der Waals surface area contributed by atoms with Crippen molar-refractivity contribution in [3.05, 3.63) is 29.8 Å². The molecule has 0 saturated carbocycles. The summed E-state index contributed by atoms with van der Waals surface area (Å²) >= 11 is 0. The highest BCUT2D eigenvalue weighted by atomic mass is 19.1. The molecule has 3 heteroatoms. The summed E-state index contributed by atoms with van der Waals surface area (Å²) in [5.41, 5.74) is 2.01. The molecule has 0 bridgehead atoms. The average molecular weight is 164 g/mol. The maximum Gasteiger partial charge on any atom is 0.212 e. The normalized spacial score (nSPS) is 16.2. The van der Waals surface area contributed by atoms with Gasteiger partial charge in [0, 0.05) is 24.0 Å². The first-order valence-electron chi connectivity index (χ1n) is 4.01. The summed E-state index contributed by atoms with van der Waals surface area (Å²) in [4.78, 5) is 7.87. The van der Waals surface area contributed by atoms with Crippen molar-refractivity contribution in [1.82, 2.24) is 4.98 Å². The molecule has 1 aliphatic rings. The molecule has 1 aliphatic heterocycles. The van der Waals surface area contributed by atoms with E-state index < -0.39 is 5.95 Å². The monoisotopic (exact) mass is 164 g/mol. The highest BCUT2D eigenvalue weighted by Gasteiger charge is 2.08. The number of halogens is 1. The van der Waals surface area contributed by atoms with Crippen LogP contribution in [0.15, 0.2) is 23.3 Å². The van der Waals surface area contributed by atoms with Crippen molar-refractivity contribution in [3.8, 4) is 0 Å². The third kappa shape index (κ3) is 1.35. The van der Waals surface area contributed by atoms with Gasteiger partial charge in [0.2, 0.25) is 5.95 Å². The van der Waals surface area contributed by atoms with Crippen LogP contribution in [0.3, 0.4) is 0 Å². The van der Waals surface area contributed by atoms with Gasteiger partial charge in [0.1, 0.15) is 0 Å². The molecule has 2 rings (SSSR count). The molecule has 0 aliphatic carbocycles. The fourth-order valence-corrected chi connectivity index (χ4v) is 1.32. The molecule has 0 atom stereocenters. The Morgan fingerprint density at radius 1 is 1.33 bits per heavy atom. The molecule has 2 nitrogen and oxygen atoms in total. The molecular formula is C9H9FN2. The van der Waals surface area contributed by atoms with Crippen LogP contribution >= 0.6 is 0 Å². The van der Waals surface area contributed by atoms with E-state index in [1.165, 1.54) is 6.07 Å². The zero-order chi connectivity index (χ0) is 8.39. The van der Waals surface area contributed by atoms with Crippen LogP contribution in [0.4, 0.5) is 4.39 Å². The van der Waals surface area contributed by atoms with Gasteiger partial charge in [-0.25, -0.2) is 4.98 Å². The van der Waals surface area contributed by atoms with Gasteiger partial charge in [-0.3, -0.25) is 4.99 Å². The van der Waals surface area contributed by atoms with E-state index in [0.29, 0.717) is 0 Å². The van der Waals surface area contributed by atoms with Crippen molar-refractivity contribution in [2.24, 2.45) is 4.99 Å². The summed E-state index contributed by atoms with van der Waals surface area (Å²) < 4.78 is 12.4. The Hall–Kier alpha value is -1.25. The summed E-state index contributed by atoms with van der Waals surface area (Å²) in [6.07, 6.45) is 3.64. The minimum absolute atomic E-state index is 0.433. The van der Waals surface area contributed by atoms with Crippen molar-refractivity contribution < 1.29 is 4.39 Å². The highest BCUT2D eigenvalue weighted by Crippen LogP contribution is 2.11. The second kappa shape index (κ2) is 3.01. The van der Waals surface area contributed by atoms with Crippen LogP contribution in [0.5, 0.6) is 0 Å². The van der Waals surface area contributed by atoms with Crippen LogP contribution < -0.4 is 0 Å². The molecule has 1 aromatic rings. The Morgan fingerprint density at radius 3 is 2.83 bits per heavy atom.